The lowest BCUT2D eigenvalue weighted by molar-refractivity contribution is 0.121. The lowest BCUT2D eigenvalue weighted by atomic mass is 10.1. The number of rotatable bonds is 2. The fraction of sp³-hybridized carbons (Fsp3) is 0.500. The van der Waals surface area contributed by atoms with Crippen LogP contribution in [0.1, 0.15) is 18.9 Å². The maximum absolute atomic E-state index is 6.12. The summed E-state index contributed by atoms with van der Waals surface area (Å²) in [5, 5.41) is 4.22. The molecule has 82 valence electrons. The number of benzene rings is 1. The van der Waals surface area contributed by atoms with E-state index in [0.717, 1.165) is 23.7 Å². The molecule has 1 aliphatic heterocycles. The van der Waals surface area contributed by atoms with E-state index in [4.69, 9.17) is 16.3 Å². The summed E-state index contributed by atoms with van der Waals surface area (Å²) in [6, 6.07) is 6.40. The van der Waals surface area contributed by atoms with E-state index in [-0.39, 0.29) is 6.10 Å². The van der Waals surface area contributed by atoms with Gasteiger partial charge in [-0.1, -0.05) is 17.7 Å². The molecular weight excluding hydrogens is 210 g/mol. The van der Waals surface area contributed by atoms with E-state index >= 15 is 0 Å². The summed E-state index contributed by atoms with van der Waals surface area (Å²) in [7, 11) is 0. The fourth-order valence-electron chi connectivity index (χ4n) is 1.87. The monoisotopic (exact) mass is 225 g/mol. The standard InChI is InChI=1S/C12H16ClNO/c1-8-3-4-10(13)12(7-8)14-11-5-6-15-9(11)2/h3-4,7,9,11,14H,5-6H2,1-2H3. The van der Waals surface area contributed by atoms with Crippen molar-refractivity contribution in [2.75, 3.05) is 11.9 Å². The average molecular weight is 226 g/mol. The first kappa shape index (κ1) is 10.8. The Morgan fingerprint density at radius 1 is 1.47 bits per heavy atom. The highest BCUT2D eigenvalue weighted by atomic mass is 35.5. The molecule has 0 aromatic heterocycles. The summed E-state index contributed by atoms with van der Waals surface area (Å²) < 4.78 is 5.50. The van der Waals surface area contributed by atoms with Crippen LogP contribution in [0.2, 0.25) is 5.02 Å². The van der Waals surface area contributed by atoms with Gasteiger partial charge in [-0.3, -0.25) is 0 Å². The Bertz CT molecular complexity index is 353. The molecule has 2 nitrogen and oxygen atoms in total. The van der Waals surface area contributed by atoms with Gasteiger partial charge in [0.25, 0.3) is 0 Å². The van der Waals surface area contributed by atoms with Crippen LogP contribution in [0.25, 0.3) is 0 Å². The summed E-state index contributed by atoms with van der Waals surface area (Å²) in [5.74, 6) is 0. The summed E-state index contributed by atoms with van der Waals surface area (Å²) in [5.41, 5.74) is 2.23. The van der Waals surface area contributed by atoms with Gasteiger partial charge in [-0.2, -0.15) is 0 Å². The third-order valence-corrected chi connectivity index (χ3v) is 3.17. The zero-order chi connectivity index (χ0) is 10.8. The van der Waals surface area contributed by atoms with Crippen LogP contribution in [0.15, 0.2) is 18.2 Å². The molecule has 0 bridgehead atoms. The van der Waals surface area contributed by atoms with Gasteiger partial charge in [-0.15, -0.1) is 0 Å². The predicted molar refractivity (Wildman–Crippen MR) is 63.6 cm³/mol. The third kappa shape index (κ3) is 2.44. The molecule has 1 fully saturated rings. The lowest BCUT2D eigenvalue weighted by Crippen LogP contribution is -2.26. The van der Waals surface area contributed by atoms with Crippen molar-refractivity contribution in [3.63, 3.8) is 0 Å². The van der Waals surface area contributed by atoms with Crippen molar-refractivity contribution in [3.8, 4) is 0 Å². The summed E-state index contributed by atoms with van der Waals surface area (Å²) in [4.78, 5) is 0. The molecule has 0 aliphatic carbocycles. The lowest BCUT2D eigenvalue weighted by Gasteiger charge is -2.18. The molecule has 2 atom stereocenters. The first-order valence-electron chi connectivity index (χ1n) is 5.31. The normalized spacial score (nSPS) is 25.5. The van der Waals surface area contributed by atoms with E-state index in [1.165, 1.54) is 5.56 Å². The molecule has 3 heteroatoms. The Balaban J connectivity index is 2.12. The number of hydrogen-bond acceptors (Lipinski definition) is 2. The topological polar surface area (TPSA) is 21.3 Å². The van der Waals surface area contributed by atoms with Gasteiger partial charge in [0.1, 0.15) is 0 Å². The maximum Gasteiger partial charge on any atom is 0.0748 e. The number of ether oxygens (including phenoxy) is 1. The van der Waals surface area contributed by atoms with Gasteiger partial charge in [-0.05, 0) is 38.0 Å². The Hall–Kier alpha value is -0.730. The van der Waals surface area contributed by atoms with Gasteiger partial charge in [0.05, 0.1) is 22.9 Å². The van der Waals surface area contributed by atoms with Crippen LogP contribution >= 0.6 is 11.6 Å². The number of aryl methyl sites for hydroxylation is 1. The van der Waals surface area contributed by atoms with Crippen molar-refractivity contribution in [3.05, 3.63) is 28.8 Å². The molecule has 0 saturated carbocycles. The van der Waals surface area contributed by atoms with E-state index in [2.05, 4.69) is 25.2 Å². The van der Waals surface area contributed by atoms with Crippen LogP contribution in [0.5, 0.6) is 0 Å². The molecule has 0 spiro atoms. The molecule has 15 heavy (non-hydrogen) atoms. The number of hydrogen-bond donors (Lipinski definition) is 1. The van der Waals surface area contributed by atoms with Crippen LogP contribution < -0.4 is 5.32 Å². The number of anilines is 1. The van der Waals surface area contributed by atoms with Crippen LogP contribution in [0.3, 0.4) is 0 Å². The third-order valence-electron chi connectivity index (χ3n) is 2.84. The van der Waals surface area contributed by atoms with Crippen molar-refractivity contribution in [2.45, 2.75) is 32.4 Å². The SMILES string of the molecule is Cc1ccc(Cl)c(NC2CCOC2C)c1. The minimum atomic E-state index is 0.265. The summed E-state index contributed by atoms with van der Waals surface area (Å²) >= 11 is 6.12. The zero-order valence-electron chi connectivity index (χ0n) is 9.09. The first-order chi connectivity index (χ1) is 7.16. The molecule has 2 rings (SSSR count). The summed E-state index contributed by atoms with van der Waals surface area (Å²) in [6.45, 7) is 4.99. The molecule has 1 aliphatic rings. The van der Waals surface area contributed by atoms with Crippen LogP contribution in [0, 0.1) is 6.92 Å². The second-order valence-electron chi connectivity index (χ2n) is 4.10. The minimum absolute atomic E-state index is 0.265. The van der Waals surface area contributed by atoms with Crippen molar-refractivity contribution < 1.29 is 4.74 Å². The van der Waals surface area contributed by atoms with Gasteiger partial charge >= 0.3 is 0 Å². The molecule has 1 aromatic rings. The number of nitrogens with one attached hydrogen (secondary N) is 1. The average Bonchev–Trinajstić information content (AvgIpc) is 2.58. The second kappa shape index (κ2) is 4.42. The molecule has 1 heterocycles. The molecule has 0 amide bonds. The highest BCUT2D eigenvalue weighted by molar-refractivity contribution is 6.33. The van der Waals surface area contributed by atoms with Gasteiger partial charge in [0.15, 0.2) is 0 Å². The van der Waals surface area contributed by atoms with Gasteiger partial charge < -0.3 is 10.1 Å². The highest BCUT2D eigenvalue weighted by Crippen LogP contribution is 2.26. The van der Waals surface area contributed by atoms with Gasteiger partial charge in [-0.25, -0.2) is 0 Å². The molecule has 2 unspecified atom stereocenters. The molecule has 1 saturated heterocycles. The van der Waals surface area contributed by atoms with Gasteiger partial charge in [0, 0.05) is 6.61 Å². The highest BCUT2D eigenvalue weighted by Gasteiger charge is 2.24. The van der Waals surface area contributed by atoms with E-state index < -0.39 is 0 Å². The Labute approximate surface area is 95.6 Å². The minimum Gasteiger partial charge on any atom is -0.378 e. The first-order valence-corrected chi connectivity index (χ1v) is 5.69. The summed E-state index contributed by atoms with van der Waals surface area (Å²) in [6.07, 6.45) is 1.31. The zero-order valence-corrected chi connectivity index (χ0v) is 9.84. The van der Waals surface area contributed by atoms with Crippen molar-refractivity contribution in [2.24, 2.45) is 0 Å². The molecular formula is C12H16ClNO. The predicted octanol–water partition coefficient (Wildman–Crippen LogP) is 3.24. The largest absolute Gasteiger partial charge is 0.378 e. The van der Waals surface area contributed by atoms with Gasteiger partial charge in [0.2, 0.25) is 0 Å². The number of halogens is 1. The van der Waals surface area contributed by atoms with Crippen molar-refractivity contribution in [1.29, 1.82) is 0 Å². The van der Waals surface area contributed by atoms with Crippen LogP contribution in [-0.4, -0.2) is 18.8 Å². The Kier molecular flexibility index (Phi) is 3.17. The maximum atomic E-state index is 6.12. The van der Waals surface area contributed by atoms with E-state index in [9.17, 15) is 0 Å². The Morgan fingerprint density at radius 3 is 2.93 bits per heavy atom. The Morgan fingerprint density at radius 2 is 2.27 bits per heavy atom. The van der Waals surface area contributed by atoms with Crippen molar-refractivity contribution >= 4 is 17.3 Å². The quantitative estimate of drug-likeness (QED) is 0.835. The molecule has 1 N–H and O–H groups in total. The molecule has 1 aromatic carbocycles. The fourth-order valence-corrected chi connectivity index (χ4v) is 2.04. The van der Waals surface area contributed by atoms with E-state index in [1.54, 1.807) is 0 Å². The van der Waals surface area contributed by atoms with Crippen molar-refractivity contribution in [1.82, 2.24) is 0 Å². The van der Waals surface area contributed by atoms with Crippen LogP contribution in [-0.2, 0) is 4.74 Å². The molecule has 0 radical (unpaired) electrons. The smallest absolute Gasteiger partial charge is 0.0748 e. The van der Waals surface area contributed by atoms with E-state index in [1.807, 2.05) is 12.1 Å². The van der Waals surface area contributed by atoms with E-state index in [0.29, 0.717) is 6.04 Å². The second-order valence-corrected chi connectivity index (χ2v) is 4.51. The van der Waals surface area contributed by atoms with Crippen LogP contribution in [0.4, 0.5) is 5.69 Å².